The van der Waals surface area contributed by atoms with Crippen LogP contribution >= 0.6 is 11.6 Å². The topological polar surface area (TPSA) is 98.7 Å². The molecule has 0 radical (unpaired) electrons. The fraction of sp³-hybridized carbons (Fsp3) is 0.316. The molecule has 3 atom stereocenters. The maximum absolute atomic E-state index is 12.8. The maximum atomic E-state index is 12.8. The molecule has 1 amide bonds. The number of carbonyl (C=O) groups excluding carboxylic acids is 1. The Balaban J connectivity index is 1.71. The summed E-state index contributed by atoms with van der Waals surface area (Å²) in [6.45, 7) is 2.47. The second-order valence-corrected chi connectivity index (χ2v) is 6.99. The lowest BCUT2D eigenvalue weighted by atomic mass is 9.95. The fourth-order valence-corrected chi connectivity index (χ4v) is 3.46. The van der Waals surface area contributed by atoms with Crippen LogP contribution in [0.4, 0.5) is 5.69 Å². The van der Waals surface area contributed by atoms with E-state index in [4.69, 9.17) is 22.1 Å². The number of rotatable bonds is 5. The number of benzene rings is 2. The van der Waals surface area contributed by atoms with Crippen LogP contribution in [0.1, 0.15) is 18.4 Å². The monoisotopic (exact) mass is 389 g/mol. The molecule has 2 aromatic rings. The minimum absolute atomic E-state index is 0.00774. The van der Waals surface area contributed by atoms with Gasteiger partial charge in [-0.1, -0.05) is 41.9 Å². The molecule has 3 rings (SSSR count). The molecule has 2 N–H and O–H groups in total. The van der Waals surface area contributed by atoms with Crippen molar-refractivity contribution in [2.24, 2.45) is 5.73 Å². The van der Waals surface area contributed by atoms with Gasteiger partial charge in [-0.15, -0.1) is 0 Å². The van der Waals surface area contributed by atoms with E-state index < -0.39 is 11.0 Å². The van der Waals surface area contributed by atoms with Crippen molar-refractivity contribution in [3.63, 3.8) is 0 Å². The Morgan fingerprint density at radius 2 is 2.00 bits per heavy atom. The lowest BCUT2D eigenvalue weighted by Crippen LogP contribution is -2.40. The molecule has 27 heavy (non-hydrogen) atoms. The van der Waals surface area contributed by atoms with E-state index in [2.05, 4.69) is 0 Å². The van der Waals surface area contributed by atoms with Crippen molar-refractivity contribution >= 4 is 23.2 Å². The minimum atomic E-state index is -0.883. The van der Waals surface area contributed by atoms with Gasteiger partial charge in [0.1, 0.15) is 0 Å². The zero-order valence-corrected chi connectivity index (χ0v) is 15.5. The Kier molecular flexibility index (Phi) is 5.62. The van der Waals surface area contributed by atoms with Crippen LogP contribution in [-0.2, 0) is 4.79 Å². The zero-order valence-electron chi connectivity index (χ0n) is 14.7. The Morgan fingerprint density at radius 1 is 1.30 bits per heavy atom. The molecule has 1 saturated heterocycles. The molecule has 0 aliphatic carbocycles. The summed E-state index contributed by atoms with van der Waals surface area (Å²) in [7, 11) is 0. The summed E-state index contributed by atoms with van der Waals surface area (Å²) in [5, 5.41) is 11.4. The number of ether oxygens (including phenoxy) is 1. The summed E-state index contributed by atoms with van der Waals surface area (Å²) < 4.78 is 5.58. The summed E-state index contributed by atoms with van der Waals surface area (Å²) in [4.78, 5) is 25.0. The van der Waals surface area contributed by atoms with E-state index in [0.29, 0.717) is 13.1 Å². The number of nitro benzene ring substituents is 1. The summed E-state index contributed by atoms with van der Waals surface area (Å²) in [6.07, 6.45) is -0.883. The molecule has 142 valence electrons. The van der Waals surface area contributed by atoms with E-state index in [9.17, 15) is 14.9 Å². The Bertz CT molecular complexity index is 846. The van der Waals surface area contributed by atoms with E-state index >= 15 is 0 Å². The molecule has 0 saturated carbocycles. The molecule has 1 aliphatic heterocycles. The van der Waals surface area contributed by atoms with Gasteiger partial charge < -0.3 is 15.4 Å². The lowest BCUT2D eigenvalue weighted by molar-refractivity contribution is -0.386. The third-order valence-electron chi connectivity index (χ3n) is 4.67. The first kappa shape index (κ1) is 19.1. The van der Waals surface area contributed by atoms with E-state index in [1.54, 1.807) is 11.8 Å². The van der Waals surface area contributed by atoms with Crippen LogP contribution in [0.15, 0.2) is 48.5 Å². The molecule has 0 spiro atoms. The van der Waals surface area contributed by atoms with Gasteiger partial charge in [-0.25, -0.2) is 0 Å². The van der Waals surface area contributed by atoms with Crippen molar-refractivity contribution in [1.29, 1.82) is 0 Å². The number of hydrogen-bond donors (Lipinski definition) is 1. The minimum Gasteiger partial charge on any atom is -0.474 e. The van der Waals surface area contributed by atoms with E-state index in [1.807, 2.05) is 30.3 Å². The summed E-state index contributed by atoms with van der Waals surface area (Å²) >= 11 is 5.80. The van der Waals surface area contributed by atoms with Gasteiger partial charge in [0, 0.05) is 36.1 Å². The van der Waals surface area contributed by atoms with Crippen LogP contribution in [-0.4, -0.2) is 41.0 Å². The normalized spacial score (nSPS) is 20.3. The van der Waals surface area contributed by atoms with Crippen molar-refractivity contribution in [3.8, 4) is 5.75 Å². The van der Waals surface area contributed by atoms with Gasteiger partial charge in [0.25, 0.3) is 5.91 Å². The summed E-state index contributed by atoms with van der Waals surface area (Å²) in [5.41, 5.74) is 7.04. The number of nitro groups is 1. The highest BCUT2D eigenvalue weighted by molar-refractivity contribution is 6.30. The largest absolute Gasteiger partial charge is 0.474 e. The average molecular weight is 390 g/mol. The molecule has 0 bridgehead atoms. The van der Waals surface area contributed by atoms with Gasteiger partial charge in [-0.2, -0.15) is 0 Å². The predicted molar refractivity (Wildman–Crippen MR) is 102 cm³/mol. The first-order valence-corrected chi connectivity index (χ1v) is 8.94. The second-order valence-electron chi connectivity index (χ2n) is 6.55. The number of nitrogens with zero attached hydrogens (tertiary/aromatic N) is 2. The lowest BCUT2D eigenvalue weighted by Gasteiger charge is -2.21. The Labute approximate surface area is 161 Å². The van der Waals surface area contributed by atoms with Crippen molar-refractivity contribution in [3.05, 3.63) is 69.2 Å². The van der Waals surface area contributed by atoms with E-state index in [1.165, 1.54) is 18.2 Å². The van der Waals surface area contributed by atoms with Gasteiger partial charge >= 0.3 is 5.69 Å². The fourth-order valence-electron chi connectivity index (χ4n) is 3.29. The quantitative estimate of drug-likeness (QED) is 0.626. The number of amides is 1. The number of carbonyl (C=O) groups is 1. The Hall–Kier alpha value is -2.64. The SMILES string of the molecule is CC(Oc1ccc(Cl)cc1[N+](=O)[O-])C(=O)N1C[C@@H](N)[C@H](c2ccccc2)C1. The molecular formula is C19H20ClN3O4. The first-order chi connectivity index (χ1) is 12.9. The molecular weight excluding hydrogens is 370 g/mol. The van der Waals surface area contributed by atoms with Gasteiger partial charge in [-0.3, -0.25) is 14.9 Å². The molecule has 1 aliphatic rings. The van der Waals surface area contributed by atoms with Crippen molar-refractivity contribution in [1.82, 2.24) is 4.90 Å². The van der Waals surface area contributed by atoms with Crippen LogP contribution in [0.25, 0.3) is 0 Å². The maximum Gasteiger partial charge on any atom is 0.312 e. The van der Waals surface area contributed by atoms with Crippen LogP contribution in [0, 0.1) is 10.1 Å². The zero-order chi connectivity index (χ0) is 19.6. The van der Waals surface area contributed by atoms with Gasteiger partial charge in [0.15, 0.2) is 11.9 Å². The van der Waals surface area contributed by atoms with Crippen LogP contribution in [0.5, 0.6) is 5.75 Å². The predicted octanol–water partition coefficient (Wildman–Crippen LogP) is 2.97. The highest BCUT2D eigenvalue weighted by Gasteiger charge is 2.36. The average Bonchev–Trinajstić information content (AvgIpc) is 3.04. The van der Waals surface area contributed by atoms with Gasteiger partial charge in [0.2, 0.25) is 0 Å². The van der Waals surface area contributed by atoms with Gasteiger partial charge in [-0.05, 0) is 24.6 Å². The standard InChI is InChI=1S/C19H20ClN3O4/c1-12(27-18-8-7-14(20)9-17(18)23(25)26)19(24)22-10-15(16(21)11-22)13-5-3-2-4-6-13/h2-9,12,15-16H,10-11,21H2,1H3/t12?,15-,16+/m0/s1. The second kappa shape index (κ2) is 7.94. The molecule has 0 aromatic heterocycles. The van der Waals surface area contributed by atoms with E-state index in [0.717, 1.165) is 5.56 Å². The molecule has 7 nitrogen and oxygen atoms in total. The van der Waals surface area contributed by atoms with E-state index in [-0.39, 0.29) is 34.3 Å². The van der Waals surface area contributed by atoms with Crippen LogP contribution in [0.2, 0.25) is 5.02 Å². The van der Waals surface area contributed by atoms with Crippen LogP contribution in [0.3, 0.4) is 0 Å². The van der Waals surface area contributed by atoms with Crippen LogP contribution < -0.4 is 10.5 Å². The molecule has 1 unspecified atom stereocenters. The third-order valence-corrected chi connectivity index (χ3v) is 4.91. The third kappa shape index (κ3) is 4.20. The first-order valence-electron chi connectivity index (χ1n) is 8.56. The highest BCUT2D eigenvalue weighted by atomic mass is 35.5. The molecule has 1 fully saturated rings. The summed E-state index contributed by atoms with van der Waals surface area (Å²) in [5.74, 6) is -0.200. The smallest absolute Gasteiger partial charge is 0.312 e. The number of nitrogens with two attached hydrogens (primary N) is 1. The van der Waals surface area contributed by atoms with Crippen molar-refractivity contribution < 1.29 is 14.5 Å². The van der Waals surface area contributed by atoms with Gasteiger partial charge in [0.05, 0.1) is 4.92 Å². The number of halogens is 1. The van der Waals surface area contributed by atoms with Crippen molar-refractivity contribution in [2.75, 3.05) is 13.1 Å². The summed E-state index contributed by atoms with van der Waals surface area (Å²) in [6, 6.07) is 13.7. The van der Waals surface area contributed by atoms with Crippen molar-refractivity contribution in [2.45, 2.75) is 25.0 Å². The Morgan fingerprint density at radius 3 is 2.67 bits per heavy atom. The highest BCUT2D eigenvalue weighted by Crippen LogP contribution is 2.32. The molecule has 8 heteroatoms. The number of likely N-dealkylation sites (tertiary alicyclic amines) is 1. The number of hydrogen-bond acceptors (Lipinski definition) is 5. The molecule has 2 aromatic carbocycles. The molecule has 1 heterocycles.